The average molecular weight is 416 g/mol. The van der Waals surface area contributed by atoms with Crippen molar-refractivity contribution in [2.45, 2.75) is 20.8 Å². The minimum Gasteiger partial charge on any atom is -0.493 e. The van der Waals surface area contributed by atoms with Crippen molar-refractivity contribution in [2.24, 2.45) is 0 Å². The maximum atomic E-state index is 13.2. The van der Waals surface area contributed by atoms with Crippen molar-refractivity contribution in [1.82, 2.24) is 0 Å². The second-order valence-electron chi connectivity index (χ2n) is 6.85. The third-order valence-corrected chi connectivity index (χ3v) is 7.19. The molecule has 0 radical (unpaired) electrons. The lowest BCUT2D eigenvalue weighted by molar-refractivity contribution is -0.112. The van der Waals surface area contributed by atoms with Crippen LogP contribution >= 0.6 is 0 Å². The standard InChI is InChI=1S/C21H24N2O5S/c1-12-8-7-9-16(13(12)2)22-21(24)20-14(3)15-10-18(27-5)19(28-6)11-17(15)23(4)29(20,25)26/h7-11H,1-6H3,(H,22,24). The van der Waals surface area contributed by atoms with Gasteiger partial charge in [-0.25, -0.2) is 8.42 Å². The molecule has 0 saturated carbocycles. The highest BCUT2D eigenvalue weighted by molar-refractivity contribution is 7.97. The summed E-state index contributed by atoms with van der Waals surface area (Å²) >= 11 is 0. The topological polar surface area (TPSA) is 84.9 Å². The van der Waals surface area contributed by atoms with Crippen LogP contribution in [0.4, 0.5) is 11.4 Å². The zero-order valence-electron chi connectivity index (χ0n) is 17.3. The van der Waals surface area contributed by atoms with E-state index in [9.17, 15) is 13.2 Å². The minimum absolute atomic E-state index is 0.291. The number of carbonyl (C=O) groups is 1. The zero-order valence-corrected chi connectivity index (χ0v) is 18.1. The predicted molar refractivity (Wildman–Crippen MR) is 114 cm³/mol. The predicted octanol–water partition coefficient (Wildman–Crippen LogP) is 3.47. The Balaban J connectivity index is 2.17. The number of nitrogens with one attached hydrogen (secondary N) is 1. The fourth-order valence-corrected chi connectivity index (χ4v) is 4.83. The van der Waals surface area contributed by atoms with E-state index in [0.717, 1.165) is 15.4 Å². The highest BCUT2D eigenvalue weighted by Crippen LogP contribution is 2.44. The molecule has 3 rings (SSSR count). The van der Waals surface area contributed by atoms with E-state index < -0.39 is 15.9 Å². The Kier molecular flexibility index (Phi) is 5.32. The van der Waals surface area contributed by atoms with Crippen LogP contribution in [0.25, 0.3) is 5.57 Å². The lowest BCUT2D eigenvalue weighted by Gasteiger charge is -2.30. The molecule has 0 saturated heterocycles. The number of allylic oxidation sites excluding steroid dienone is 1. The molecular formula is C21H24N2O5S. The van der Waals surface area contributed by atoms with Crippen LogP contribution in [0, 0.1) is 13.8 Å². The molecule has 2 aromatic rings. The van der Waals surface area contributed by atoms with Gasteiger partial charge in [0.15, 0.2) is 16.4 Å². The molecule has 0 unspecified atom stereocenters. The molecular weight excluding hydrogens is 392 g/mol. The molecule has 154 valence electrons. The van der Waals surface area contributed by atoms with Crippen molar-refractivity contribution in [3.63, 3.8) is 0 Å². The third-order valence-electron chi connectivity index (χ3n) is 5.26. The molecule has 1 aliphatic rings. The normalized spacial score (nSPS) is 15.0. The van der Waals surface area contributed by atoms with Crippen molar-refractivity contribution in [3.05, 3.63) is 51.9 Å². The van der Waals surface area contributed by atoms with E-state index in [0.29, 0.717) is 34.0 Å². The van der Waals surface area contributed by atoms with Crippen LogP contribution in [-0.2, 0) is 14.8 Å². The number of anilines is 2. The van der Waals surface area contributed by atoms with Gasteiger partial charge in [-0.1, -0.05) is 12.1 Å². The van der Waals surface area contributed by atoms with Crippen LogP contribution in [0.15, 0.2) is 35.2 Å². The molecule has 1 aliphatic heterocycles. The van der Waals surface area contributed by atoms with Gasteiger partial charge in [0.05, 0.1) is 19.9 Å². The van der Waals surface area contributed by atoms with Gasteiger partial charge < -0.3 is 14.8 Å². The van der Waals surface area contributed by atoms with Gasteiger partial charge >= 0.3 is 0 Å². The van der Waals surface area contributed by atoms with Gasteiger partial charge in [-0.3, -0.25) is 9.10 Å². The summed E-state index contributed by atoms with van der Waals surface area (Å²) in [5.74, 6) is 0.181. The second-order valence-corrected chi connectivity index (χ2v) is 8.76. The number of fused-ring (bicyclic) bond motifs is 1. The summed E-state index contributed by atoms with van der Waals surface area (Å²) in [6.07, 6.45) is 0. The summed E-state index contributed by atoms with van der Waals surface area (Å²) < 4.78 is 38.0. The first kappa shape index (κ1) is 20.7. The monoisotopic (exact) mass is 416 g/mol. The largest absolute Gasteiger partial charge is 0.493 e. The van der Waals surface area contributed by atoms with Crippen LogP contribution < -0.4 is 19.1 Å². The maximum absolute atomic E-state index is 13.2. The van der Waals surface area contributed by atoms with Gasteiger partial charge in [-0.2, -0.15) is 0 Å². The molecule has 29 heavy (non-hydrogen) atoms. The lowest BCUT2D eigenvalue weighted by Crippen LogP contribution is -2.36. The maximum Gasteiger partial charge on any atom is 0.269 e. The van der Waals surface area contributed by atoms with Crippen LogP contribution in [0.2, 0.25) is 0 Å². The van der Waals surface area contributed by atoms with Gasteiger partial charge in [0.2, 0.25) is 0 Å². The van der Waals surface area contributed by atoms with Crippen molar-refractivity contribution in [1.29, 1.82) is 0 Å². The van der Waals surface area contributed by atoms with Gasteiger partial charge in [-0.15, -0.1) is 0 Å². The van der Waals surface area contributed by atoms with E-state index >= 15 is 0 Å². The van der Waals surface area contributed by atoms with E-state index in [2.05, 4.69) is 5.32 Å². The van der Waals surface area contributed by atoms with Crippen LogP contribution in [-0.4, -0.2) is 35.6 Å². The first-order chi connectivity index (χ1) is 13.6. The van der Waals surface area contributed by atoms with E-state index in [1.54, 1.807) is 25.1 Å². The fraction of sp³-hybridized carbons (Fsp3) is 0.286. The number of hydrogen-bond acceptors (Lipinski definition) is 5. The summed E-state index contributed by atoms with van der Waals surface area (Å²) in [6, 6.07) is 8.76. The van der Waals surface area contributed by atoms with Gasteiger partial charge in [0.1, 0.15) is 0 Å². The average Bonchev–Trinajstić information content (AvgIpc) is 2.68. The molecule has 2 aromatic carbocycles. The Bertz CT molecular complexity index is 1140. The Hall–Kier alpha value is -3.00. The number of ether oxygens (including phenoxy) is 2. The number of amides is 1. The van der Waals surface area contributed by atoms with Gasteiger partial charge in [0, 0.05) is 24.4 Å². The fourth-order valence-electron chi connectivity index (χ4n) is 3.36. The van der Waals surface area contributed by atoms with Crippen LogP contribution in [0.5, 0.6) is 11.5 Å². The summed E-state index contributed by atoms with van der Waals surface area (Å²) in [7, 11) is 0.347. The molecule has 1 heterocycles. The number of carbonyl (C=O) groups excluding carboxylic acids is 1. The highest BCUT2D eigenvalue weighted by atomic mass is 32.2. The summed E-state index contributed by atoms with van der Waals surface area (Å²) in [4.78, 5) is 12.8. The number of nitrogens with zero attached hydrogens (tertiary/aromatic N) is 1. The number of aryl methyl sites for hydroxylation is 1. The molecule has 0 fully saturated rings. The molecule has 0 atom stereocenters. The number of hydrogen-bond donors (Lipinski definition) is 1. The smallest absolute Gasteiger partial charge is 0.269 e. The summed E-state index contributed by atoms with van der Waals surface area (Å²) in [6.45, 7) is 5.42. The molecule has 0 bridgehead atoms. The van der Waals surface area contributed by atoms with Crippen molar-refractivity contribution >= 4 is 32.9 Å². The molecule has 0 spiro atoms. The first-order valence-corrected chi connectivity index (χ1v) is 10.4. The Morgan fingerprint density at radius 2 is 1.66 bits per heavy atom. The number of sulfonamides is 1. The molecule has 1 N–H and O–H groups in total. The molecule has 0 aliphatic carbocycles. The molecule has 0 aromatic heterocycles. The molecule has 1 amide bonds. The molecule has 8 heteroatoms. The summed E-state index contributed by atoms with van der Waals surface area (Å²) in [5.41, 5.74) is 3.81. The van der Waals surface area contributed by atoms with Crippen LogP contribution in [0.1, 0.15) is 23.6 Å². The zero-order chi connectivity index (χ0) is 21.5. The second kappa shape index (κ2) is 7.44. The number of benzene rings is 2. The molecule has 7 nitrogen and oxygen atoms in total. The quantitative estimate of drug-likeness (QED) is 0.825. The Morgan fingerprint density at radius 3 is 2.28 bits per heavy atom. The SMILES string of the molecule is COc1cc2c(cc1OC)N(C)S(=O)(=O)C(C(=O)Nc1cccc(C)c1C)=C2C. The highest BCUT2D eigenvalue weighted by Gasteiger charge is 2.38. The van der Waals surface area contributed by atoms with E-state index in [-0.39, 0.29) is 4.91 Å². The first-order valence-electron chi connectivity index (χ1n) is 8.97. The lowest BCUT2D eigenvalue weighted by atomic mass is 10.0. The summed E-state index contributed by atoms with van der Waals surface area (Å²) in [5, 5.41) is 2.75. The van der Waals surface area contributed by atoms with Crippen LogP contribution in [0.3, 0.4) is 0 Å². The Labute approximate surface area is 171 Å². The number of methoxy groups -OCH3 is 2. The van der Waals surface area contributed by atoms with E-state index in [1.165, 1.54) is 21.3 Å². The number of rotatable bonds is 4. The van der Waals surface area contributed by atoms with Gasteiger partial charge in [-0.05, 0) is 49.6 Å². The Morgan fingerprint density at radius 1 is 1.03 bits per heavy atom. The van der Waals surface area contributed by atoms with E-state index in [1.807, 2.05) is 26.0 Å². The third kappa shape index (κ3) is 3.33. The van der Waals surface area contributed by atoms with Crippen molar-refractivity contribution in [2.75, 3.05) is 30.9 Å². The minimum atomic E-state index is -4.05. The van der Waals surface area contributed by atoms with Gasteiger partial charge in [0.25, 0.3) is 15.9 Å². The van der Waals surface area contributed by atoms with Crippen molar-refractivity contribution in [3.8, 4) is 11.5 Å². The van der Waals surface area contributed by atoms with E-state index in [4.69, 9.17) is 9.47 Å². The van der Waals surface area contributed by atoms with Crippen molar-refractivity contribution < 1.29 is 22.7 Å².